The number of benzene rings is 2. The van der Waals surface area contributed by atoms with E-state index >= 15 is 0 Å². The van der Waals surface area contributed by atoms with Gasteiger partial charge in [-0.15, -0.1) is 0 Å². The molecule has 1 amide bonds. The van der Waals surface area contributed by atoms with Crippen LogP contribution in [0.4, 0.5) is 5.69 Å². The molecule has 3 rings (SSSR count). The Hall–Kier alpha value is -2.56. The van der Waals surface area contributed by atoms with E-state index in [9.17, 15) is 4.79 Å². The number of fused-ring (bicyclic) bond motifs is 1. The van der Waals surface area contributed by atoms with Crippen molar-refractivity contribution in [3.63, 3.8) is 0 Å². The van der Waals surface area contributed by atoms with Gasteiger partial charge in [-0.2, -0.15) is 0 Å². The van der Waals surface area contributed by atoms with Crippen molar-refractivity contribution < 1.29 is 14.3 Å². The number of hydrogen-bond acceptors (Lipinski definition) is 4. The normalized spacial score (nSPS) is 17.2. The summed E-state index contributed by atoms with van der Waals surface area (Å²) in [4.78, 5) is 17.6. The number of aliphatic imine (C=N–C) groups is 1. The summed E-state index contributed by atoms with van der Waals surface area (Å²) in [7, 11) is 1.66. The first-order valence-electron chi connectivity index (χ1n) is 9.52. The van der Waals surface area contributed by atoms with E-state index in [1.165, 1.54) is 0 Å². The van der Waals surface area contributed by atoms with Crippen molar-refractivity contribution in [2.75, 3.05) is 20.3 Å². The van der Waals surface area contributed by atoms with Crippen molar-refractivity contribution >= 4 is 29.1 Å². The molecule has 0 aromatic heterocycles. The zero-order valence-electron chi connectivity index (χ0n) is 16.6. The smallest absolute Gasteiger partial charge is 0.210 e. The second kappa shape index (κ2) is 8.42. The Labute approximate surface area is 161 Å². The Kier molecular flexibility index (Phi) is 5.99. The molecule has 1 aliphatic heterocycles. The first-order valence-corrected chi connectivity index (χ1v) is 9.52. The molecule has 5 nitrogen and oxygen atoms in total. The Balaban J connectivity index is 1.91. The quantitative estimate of drug-likeness (QED) is 0.533. The molecule has 144 valence electrons. The molecule has 5 heteroatoms. The summed E-state index contributed by atoms with van der Waals surface area (Å²) in [5.74, 6) is 1.94. The molecule has 1 atom stereocenters. The maximum absolute atomic E-state index is 11.1. The molecule has 1 heterocycles. The Morgan fingerprint density at radius 3 is 2.67 bits per heavy atom. The summed E-state index contributed by atoms with van der Waals surface area (Å²) < 4.78 is 11.4. The number of hydrogen-bond donors (Lipinski definition) is 0. The summed E-state index contributed by atoms with van der Waals surface area (Å²) in [5.41, 5.74) is 2.01. The van der Waals surface area contributed by atoms with E-state index in [0.29, 0.717) is 12.5 Å². The van der Waals surface area contributed by atoms with Crippen LogP contribution < -0.4 is 9.47 Å². The second-order valence-corrected chi connectivity index (χ2v) is 7.52. The molecule has 0 radical (unpaired) electrons. The van der Waals surface area contributed by atoms with Gasteiger partial charge in [-0.3, -0.25) is 9.79 Å². The third kappa shape index (κ3) is 4.41. The van der Waals surface area contributed by atoms with Crippen LogP contribution in [0.25, 0.3) is 10.8 Å². The molecular weight excluding hydrogens is 340 g/mol. The second-order valence-electron chi connectivity index (χ2n) is 7.52. The Morgan fingerprint density at radius 1 is 1.22 bits per heavy atom. The van der Waals surface area contributed by atoms with Crippen molar-refractivity contribution in [1.82, 2.24) is 4.90 Å². The zero-order valence-corrected chi connectivity index (χ0v) is 16.6. The number of ether oxygens (including phenoxy) is 2. The van der Waals surface area contributed by atoms with Gasteiger partial charge < -0.3 is 14.4 Å². The molecule has 0 saturated carbocycles. The molecule has 0 spiro atoms. The van der Waals surface area contributed by atoms with Crippen LogP contribution in [0.1, 0.15) is 32.3 Å². The van der Waals surface area contributed by atoms with Crippen LogP contribution in [0.2, 0.25) is 0 Å². The van der Waals surface area contributed by atoms with Crippen molar-refractivity contribution in [3.8, 4) is 11.5 Å². The van der Waals surface area contributed by atoms with Gasteiger partial charge in [-0.25, -0.2) is 0 Å². The summed E-state index contributed by atoms with van der Waals surface area (Å²) in [6.45, 7) is 7.76. The molecule has 0 N–H and O–H groups in total. The minimum absolute atomic E-state index is 0.0962. The van der Waals surface area contributed by atoms with Crippen LogP contribution in [0.5, 0.6) is 11.5 Å². The van der Waals surface area contributed by atoms with Crippen LogP contribution in [0, 0.1) is 12.8 Å². The van der Waals surface area contributed by atoms with E-state index in [1.807, 2.05) is 18.3 Å². The fraction of sp³-hybridized carbons (Fsp3) is 0.455. The van der Waals surface area contributed by atoms with Crippen LogP contribution in [-0.2, 0) is 4.79 Å². The lowest BCUT2D eigenvalue weighted by atomic mass is 10.0. The highest BCUT2D eigenvalue weighted by Gasteiger charge is 2.21. The van der Waals surface area contributed by atoms with Gasteiger partial charge in [0.2, 0.25) is 6.41 Å². The van der Waals surface area contributed by atoms with E-state index in [2.05, 4.69) is 37.9 Å². The molecule has 1 saturated heterocycles. The monoisotopic (exact) mass is 368 g/mol. The van der Waals surface area contributed by atoms with Gasteiger partial charge in [-0.1, -0.05) is 13.8 Å². The van der Waals surface area contributed by atoms with E-state index in [4.69, 9.17) is 9.47 Å². The first-order chi connectivity index (χ1) is 13.0. The summed E-state index contributed by atoms with van der Waals surface area (Å²) in [6, 6.07) is 8.31. The average molecular weight is 368 g/mol. The number of methoxy groups -OCH3 is 1. The van der Waals surface area contributed by atoms with Gasteiger partial charge in [0.25, 0.3) is 0 Å². The molecule has 1 fully saturated rings. The number of nitrogens with zero attached hydrogens (tertiary/aromatic N) is 2. The maximum atomic E-state index is 11.1. The number of carbonyl (C=O) groups excluding carboxylic acids is 1. The number of likely N-dealkylation sites (tertiary alicyclic amines) is 1. The minimum atomic E-state index is 0.0962. The fourth-order valence-corrected chi connectivity index (χ4v) is 3.35. The number of aryl methyl sites for hydroxylation is 1. The molecule has 2 aromatic carbocycles. The van der Waals surface area contributed by atoms with E-state index in [0.717, 1.165) is 59.3 Å². The van der Waals surface area contributed by atoms with Crippen LogP contribution in [0.15, 0.2) is 29.3 Å². The van der Waals surface area contributed by atoms with Crippen LogP contribution in [-0.4, -0.2) is 43.8 Å². The van der Waals surface area contributed by atoms with Gasteiger partial charge in [0, 0.05) is 12.8 Å². The lowest BCUT2D eigenvalue weighted by Crippen LogP contribution is -2.28. The van der Waals surface area contributed by atoms with Crippen LogP contribution >= 0.6 is 0 Å². The number of carbonyl (C=O) groups is 1. The first kappa shape index (κ1) is 19.2. The van der Waals surface area contributed by atoms with Gasteiger partial charge >= 0.3 is 0 Å². The standard InChI is InChI=1S/C22H28N2O3/c1-15(2)13-27-22-11-17-8-16(3)20(9-18(17)10-21(22)26-4)23-12-19-6-5-7-24(19)14-25/h8-12,14-15,19H,5-7,13H2,1-4H3. The lowest BCUT2D eigenvalue weighted by molar-refractivity contribution is -0.117. The predicted octanol–water partition coefficient (Wildman–Crippen LogP) is 4.51. The highest BCUT2D eigenvalue weighted by molar-refractivity contribution is 5.90. The average Bonchev–Trinajstić information content (AvgIpc) is 3.11. The van der Waals surface area contributed by atoms with Crippen molar-refractivity contribution in [3.05, 3.63) is 29.8 Å². The highest BCUT2D eigenvalue weighted by Crippen LogP contribution is 2.35. The van der Waals surface area contributed by atoms with Crippen molar-refractivity contribution in [2.45, 2.75) is 39.7 Å². The molecule has 0 bridgehead atoms. The summed E-state index contributed by atoms with van der Waals surface area (Å²) in [6.07, 6.45) is 4.81. The van der Waals surface area contributed by atoms with E-state index < -0.39 is 0 Å². The molecule has 1 unspecified atom stereocenters. The summed E-state index contributed by atoms with van der Waals surface area (Å²) >= 11 is 0. The Bertz CT molecular complexity index is 845. The number of rotatable bonds is 7. The highest BCUT2D eigenvalue weighted by atomic mass is 16.5. The summed E-state index contributed by atoms with van der Waals surface area (Å²) in [5, 5.41) is 2.15. The SMILES string of the molecule is COc1cc2cc(N=CC3CCCN3C=O)c(C)cc2cc1OCC(C)C. The predicted molar refractivity (Wildman–Crippen MR) is 110 cm³/mol. The maximum Gasteiger partial charge on any atom is 0.210 e. The fourth-order valence-electron chi connectivity index (χ4n) is 3.35. The topological polar surface area (TPSA) is 51.1 Å². The van der Waals surface area contributed by atoms with Crippen molar-refractivity contribution in [1.29, 1.82) is 0 Å². The van der Waals surface area contributed by atoms with Gasteiger partial charge in [0.05, 0.1) is 25.4 Å². The van der Waals surface area contributed by atoms with Gasteiger partial charge in [-0.05, 0) is 66.3 Å². The van der Waals surface area contributed by atoms with Gasteiger partial charge in [0.15, 0.2) is 11.5 Å². The molecule has 1 aliphatic rings. The Morgan fingerprint density at radius 2 is 1.96 bits per heavy atom. The lowest BCUT2D eigenvalue weighted by Gasteiger charge is -2.16. The van der Waals surface area contributed by atoms with Crippen LogP contribution in [0.3, 0.4) is 0 Å². The molecule has 27 heavy (non-hydrogen) atoms. The molecule has 2 aromatic rings. The number of amides is 1. The third-order valence-electron chi connectivity index (χ3n) is 4.87. The molecule has 0 aliphatic carbocycles. The zero-order chi connectivity index (χ0) is 19.4. The van der Waals surface area contributed by atoms with Crippen molar-refractivity contribution in [2.24, 2.45) is 10.9 Å². The van der Waals surface area contributed by atoms with E-state index in [-0.39, 0.29) is 6.04 Å². The minimum Gasteiger partial charge on any atom is -0.493 e. The van der Waals surface area contributed by atoms with E-state index in [1.54, 1.807) is 12.0 Å². The largest absolute Gasteiger partial charge is 0.493 e. The van der Waals surface area contributed by atoms with Gasteiger partial charge in [0.1, 0.15) is 0 Å². The third-order valence-corrected chi connectivity index (χ3v) is 4.87. The molecular formula is C22H28N2O3.